The maximum absolute atomic E-state index is 4.37. The molecule has 20 heavy (non-hydrogen) atoms. The minimum atomic E-state index is 0.670. The zero-order valence-corrected chi connectivity index (χ0v) is 13.2. The zero-order chi connectivity index (χ0) is 14.4. The van der Waals surface area contributed by atoms with Gasteiger partial charge in [0.2, 0.25) is 0 Å². The van der Waals surface area contributed by atoms with Gasteiger partial charge in [0.25, 0.3) is 0 Å². The second kappa shape index (κ2) is 7.47. The molecule has 0 unspecified atom stereocenters. The highest BCUT2D eigenvalue weighted by Gasteiger charge is 2.16. The minimum Gasteiger partial charge on any atom is -0.328 e. The normalized spacial score (nSPS) is 17.2. The first-order valence-electron chi connectivity index (χ1n) is 7.99. The van der Waals surface area contributed by atoms with Crippen LogP contribution in [0.3, 0.4) is 0 Å². The number of rotatable bonds is 5. The lowest BCUT2D eigenvalue weighted by Gasteiger charge is -2.24. The molecular formula is C18H28N2. The fourth-order valence-corrected chi connectivity index (χ4v) is 3.00. The molecule has 0 aliphatic heterocycles. The highest BCUT2D eigenvalue weighted by molar-refractivity contribution is 5.48. The van der Waals surface area contributed by atoms with Crippen molar-refractivity contribution in [1.29, 1.82) is 0 Å². The SMILES string of the molecule is CC(C)=CCCC(C)=Cc1cncn1C1CCCCC1. The molecule has 1 aliphatic rings. The van der Waals surface area contributed by atoms with Crippen molar-refractivity contribution >= 4 is 6.08 Å². The van der Waals surface area contributed by atoms with Crippen molar-refractivity contribution in [3.63, 3.8) is 0 Å². The molecule has 0 N–H and O–H groups in total. The number of aromatic nitrogens is 2. The Morgan fingerprint density at radius 1 is 1.25 bits per heavy atom. The lowest BCUT2D eigenvalue weighted by molar-refractivity contribution is 0.352. The Kier molecular flexibility index (Phi) is 5.63. The van der Waals surface area contributed by atoms with Crippen molar-refractivity contribution in [2.24, 2.45) is 0 Å². The van der Waals surface area contributed by atoms with E-state index in [1.54, 1.807) is 0 Å². The van der Waals surface area contributed by atoms with Crippen molar-refractivity contribution in [3.8, 4) is 0 Å². The van der Waals surface area contributed by atoms with E-state index in [2.05, 4.69) is 42.5 Å². The van der Waals surface area contributed by atoms with Crippen LogP contribution in [-0.2, 0) is 0 Å². The number of allylic oxidation sites excluding steroid dienone is 3. The topological polar surface area (TPSA) is 17.8 Å². The molecule has 0 radical (unpaired) electrons. The van der Waals surface area contributed by atoms with Gasteiger partial charge in [-0.3, -0.25) is 0 Å². The van der Waals surface area contributed by atoms with Crippen molar-refractivity contribution in [2.75, 3.05) is 0 Å². The smallest absolute Gasteiger partial charge is 0.0953 e. The van der Waals surface area contributed by atoms with Crippen LogP contribution in [0.1, 0.15) is 77.5 Å². The molecule has 1 aromatic heterocycles. The number of imidazole rings is 1. The van der Waals surface area contributed by atoms with Gasteiger partial charge in [0.1, 0.15) is 0 Å². The Morgan fingerprint density at radius 2 is 2.00 bits per heavy atom. The quantitative estimate of drug-likeness (QED) is 0.644. The van der Waals surface area contributed by atoms with Gasteiger partial charge in [0.05, 0.1) is 18.2 Å². The van der Waals surface area contributed by atoms with Gasteiger partial charge in [-0.05, 0) is 52.5 Å². The van der Waals surface area contributed by atoms with Gasteiger partial charge >= 0.3 is 0 Å². The summed E-state index contributed by atoms with van der Waals surface area (Å²) in [6, 6.07) is 0.670. The van der Waals surface area contributed by atoms with Crippen LogP contribution in [0.4, 0.5) is 0 Å². The second-order valence-corrected chi connectivity index (χ2v) is 6.33. The summed E-state index contributed by atoms with van der Waals surface area (Å²) in [5.41, 5.74) is 4.14. The van der Waals surface area contributed by atoms with Crippen LogP contribution in [0.2, 0.25) is 0 Å². The first-order chi connectivity index (χ1) is 9.66. The predicted octanol–water partition coefficient (Wildman–Crippen LogP) is 5.54. The van der Waals surface area contributed by atoms with Gasteiger partial charge in [-0.1, -0.05) is 36.5 Å². The van der Waals surface area contributed by atoms with Crippen LogP contribution < -0.4 is 0 Å². The van der Waals surface area contributed by atoms with E-state index in [0.717, 1.165) is 12.8 Å². The molecule has 1 fully saturated rings. The molecule has 0 atom stereocenters. The highest BCUT2D eigenvalue weighted by Crippen LogP contribution is 2.29. The monoisotopic (exact) mass is 272 g/mol. The molecule has 0 spiro atoms. The first-order valence-corrected chi connectivity index (χ1v) is 7.99. The number of hydrogen-bond acceptors (Lipinski definition) is 1. The van der Waals surface area contributed by atoms with Gasteiger partial charge in [-0.15, -0.1) is 0 Å². The summed E-state index contributed by atoms with van der Waals surface area (Å²) in [5, 5.41) is 0. The van der Waals surface area contributed by atoms with Gasteiger partial charge in [-0.25, -0.2) is 4.98 Å². The summed E-state index contributed by atoms with van der Waals surface area (Å²) in [6.07, 6.45) is 17.7. The van der Waals surface area contributed by atoms with E-state index in [4.69, 9.17) is 0 Å². The Bertz CT molecular complexity index is 469. The second-order valence-electron chi connectivity index (χ2n) is 6.33. The van der Waals surface area contributed by atoms with Gasteiger partial charge in [-0.2, -0.15) is 0 Å². The average molecular weight is 272 g/mol. The van der Waals surface area contributed by atoms with Crippen LogP contribution in [0.25, 0.3) is 6.08 Å². The maximum Gasteiger partial charge on any atom is 0.0953 e. The summed E-state index contributed by atoms with van der Waals surface area (Å²) in [4.78, 5) is 4.37. The van der Waals surface area contributed by atoms with Crippen molar-refractivity contribution < 1.29 is 0 Å². The van der Waals surface area contributed by atoms with Crippen LogP contribution in [0.5, 0.6) is 0 Å². The molecule has 1 saturated carbocycles. The zero-order valence-electron chi connectivity index (χ0n) is 13.2. The molecule has 0 bridgehead atoms. The minimum absolute atomic E-state index is 0.670. The molecule has 2 heteroatoms. The first kappa shape index (κ1) is 15.1. The molecule has 110 valence electrons. The van der Waals surface area contributed by atoms with Crippen LogP contribution in [0, 0.1) is 0 Å². The van der Waals surface area contributed by atoms with E-state index in [-0.39, 0.29) is 0 Å². The Labute approximate surface area is 123 Å². The molecule has 1 heterocycles. The van der Waals surface area contributed by atoms with Crippen molar-refractivity contribution in [2.45, 2.75) is 71.8 Å². The van der Waals surface area contributed by atoms with Gasteiger partial charge in [0, 0.05) is 6.04 Å². The fourth-order valence-electron chi connectivity index (χ4n) is 3.00. The molecule has 0 amide bonds. The van der Waals surface area contributed by atoms with E-state index >= 15 is 0 Å². The lowest BCUT2D eigenvalue weighted by Crippen LogP contribution is -2.13. The molecule has 0 aromatic carbocycles. The number of nitrogens with zero attached hydrogens (tertiary/aromatic N) is 2. The molecule has 1 aliphatic carbocycles. The summed E-state index contributed by atoms with van der Waals surface area (Å²) < 4.78 is 2.39. The fraction of sp³-hybridized carbons (Fsp3) is 0.611. The van der Waals surface area contributed by atoms with E-state index in [1.807, 2.05) is 12.5 Å². The Morgan fingerprint density at radius 3 is 2.70 bits per heavy atom. The third-order valence-corrected chi connectivity index (χ3v) is 4.15. The predicted molar refractivity (Wildman–Crippen MR) is 86.7 cm³/mol. The molecule has 0 saturated heterocycles. The van der Waals surface area contributed by atoms with E-state index in [9.17, 15) is 0 Å². The third kappa shape index (κ3) is 4.36. The Hall–Kier alpha value is -1.31. The summed E-state index contributed by atoms with van der Waals surface area (Å²) in [5.74, 6) is 0. The molecule has 2 rings (SSSR count). The van der Waals surface area contributed by atoms with Gasteiger partial charge < -0.3 is 4.57 Å². The largest absolute Gasteiger partial charge is 0.328 e. The Balaban J connectivity index is 2.01. The van der Waals surface area contributed by atoms with E-state index < -0.39 is 0 Å². The van der Waals surface area contributed by atoms with Crippen LogP contribution in [-0.4, -0.2) is 9.55 Å². The standard InChI is InChI=1S/C18H28N2/c1-15(2)8-7-9-16(3)12-18-13-19-14-20(18)17-10-5-4-6-11-17/h8,12-14,17H,4-7,9-11H2,1-3H3. The van der Waals surface area contributed by atoms with E-state index in [0.29, 0.717) is 6.04 Å². The van der Waals surface area contributed by atoms with Crippen LogP contribution >= 0.6 is 0 Å². The molecular weight excluding hydrogens is 244 g/mol. The maximum atomic E-state index is 4.37. The molecule has 1 aromatic rings. The van der Waals surface area contributed by atoms with Crippen molar-refractivity contribution in [1.82, 2.24) is 9.55 Å². The molecule has 2 nitrogen and oxygen atoms in total. The van der Waals surface area contributed by atoms with Crippen LogP contribution in [0.15, 0.2) is 29.7 Å². The third-order valence-electron chi connectivity index (χ3n) is 4.15. The highest BCUT2D eigenvalue weighted by atomic mass is 15.1. The average Bonchev–Trinajstić information content (AvgIpc) is 2.87. The van der Waals surface area contributed by atoms with Gasteiger partial charge in [0.15, 0.2) is 0 Å². The summed E-state index contributed by atoms with van der Waals surface area (Å²) in [6.45, 7) is 6.56. The number of hydrogen-bond donors (Lipinski definition) is 0. The van der Waals surface area contributed by atoms with Crippen molar-refractivity contribution in [3.05, 3.63) is 35.4 Å². The summed E-state index contributed by atoms with van der Waals surface area (Å²) in [7, 11) is 0. The lowest BCUT2D eigenvalue weighted by atomic mass is 9.95. The van der Waals surface area contributed by atoms with E-state index in [1.165, 1.54) is 48.9 Å². The summed E-state index contributed by atoms with van der Waals surface area (Å²) >= 11 is 0.